The fourth-order valence-corrected chi connectivity index (χ4v) is 2.13. The Labute approximate surface area is 114 Å². The Morgan fingerprint density at radius 3 is 3.11 bits per heavy atom. The number of rotatable bonds is 6. The predicted octanol–water partition coefficient (Wildman–Crippen LogP) is 2.20. The van der Waals surface area contributed by atoms with E-state index in [1.165, 1.54) is 5.56 Å². The van der Waals surface area contributed by atoms with Crippen LogP contribution in [0.5, 0.6) is 0 Å². The van der Waals surface area contributed by atoms with Crippen LogP contribution in [0.2, 0.25) is 0 Å². The lowest BCUT2D eigenvalue weighted by atomic mass is 10.1. The smallest absolute Gasteiger partial charge is 0.251 e. The summed E-state index contributed by atoms with van der Waals surface area (Å²) in [6.07, 6.45) is 2.13. The third-order valence-electron chi connectivity index (χ3n) is 3.14. The van der Waals surface area contributed by atoms with Gasteiger partial charge in [-0.25, -0.2) is 0 Å². The number of hydrogen-bond donors (Lipinski definition) is 2. The van der Waals surface area contributed by atoms with E-state index in [0.717, 1.165) is 30.6 Å². The number of ether oxygens (including phenoxy) is 1. The summed E-state index contributed by atoms with van der Waals surface area (Å²) >= 11 is 0. The van der Waals surface area contributed by atoms with Crippen molar-refractivity contribution in [3.05, 3.63) is 29.3 Å². The zero-order valence-corrected chi connectivity index (χ0v) is 11.7. The molecule has 0 fully saturated rings. The molecule has 1 aromatic rings. The molecule has 1 heterocycles. The van der Waals surface area contributed by atoms with E-state index in [1.807, 2.05) is 32.0 Å². The van der Waals surface area contributed by atoms with Gasteiger partial charge >= 0.3 is 0 Å². The summed E-state index contributed by atoms with van der Waals surface area (Å²) in [6.45, 7) is 6.32. The molecule has 1 aliphatic rings. The molecule has 2 rings (SSSR count). The quantitative estimate of drug-likeness (QED) is 0.773. The molecule has 0 saturated heterocycles. The maximum absolute atomic E-state index is 12.0. The average molecular weight is 262 g/mol. The van der Waals surface area contributed by atoms with Crippen molar-refractivity contribution in [1.29, 1.82) is 0 Å². The lowest BCUT2D eigenvalue weighted by molar-refractivity contribution is 0.0757. The van der Waals surface area contributed by atoms with Gasteiger partial charge in [0.05, 0.1) is 6.10 Å². The van der Waals surface area contributed by atoms with Gasteiger partial charge in [-0.3, -0.25) is 4.79 Å². The molecule has 0 spiro atoms. The van der Waals surface area contributed by atoms with Crippen LogP contribution in [-0.4, -0.2) is 31.7 Å². The van der Waals surface area contributed by atoms with E-state index in [4.69, 9.17) is 4.74 Å². The lowest BCUT2D eigenvalue weighted by Gasteiger charge is -2.09. The first kappa shape index (κ1) is 13.9. The number of benzene rings is 1. The third-order valence-corrected chi connectivity index (χ3v) is 3.14. The van der Waals surface area contributed by atoms with E-state index in [9.17, 15) is 4.79 Å². The Morgan fingerprint density at radius 2 is 2.32 bits per heavy atom. The second-order valence-electron chi connectivity index (χ2n) is 5.08. The molecule has 4 nitrogen and oxygen atoms in total. The Kier molecular flexibility index (Phi) is 4.80. The normalized spacial score (nSPS) is 13.2. The van der Waals surface area contributed by atoms with Crippen LogP contribution in [0.15, 0.2) is 18.2 Å². The highest BCUT2D eigenvalue weighted by atomic mass is 16.5. The first-order chi connectivity index (χ1) is 9.16. The summed E-state index contributed by atoms with van der Waals surface area (Å²) < 4.78 is 5.43. The van der Waals surface area contributed by atoms with Crippen molar-refractivity contribution in [3.63, 3.8) is 0 Å². The maximum Gasteiger partial charge on any atom is 0.251 e. The molecule has 0 unspecified atom stereocenters. The van der Waals surface area contributed by atoms with Crippen LogP contribution >= 0.6 is 0 Å². The summed E-state index contributed by atoms with van der Waals surface area (Å²) in [6, 6.07) is 5.86. The number of carbonyl (C=O) groups is 1. The van der Waals surface area contributed by atoms with E-state index in [2.05, 4.69) is 10.6 Å². The van der Waals surface area contributed by atoms with Gasteiger partial charge in [-0.1, -0.05) is 6.07 Å². The van der Waals surface area contributed by atoms with Crippen molar-refractivity contribution in [2.45, 2.75) is 32.8 Å². The summed E-state index contributed by atoms with van der Waals surface area (Å²) in [5.41, 5.74) is 3.11. The summed E-state index contributed by atoms with van der Waals surface area (Å²) in [5.74, 6) is -0.0129. The lowest BCUT2D eigenvalue weighted by Crippen LogP contribution is -2.25. The zero-order valence-electron chi connectivity index (χ0n) is 11.7. The highest BCUT2D eigenvalue weighted by molar-refractivity contribution is 5.95. The Bertz CT molecular complexity index is 444. The van der Waals surface area contributed by atoms with E-state index < -0.39 is 0 Å². The molecule has 4 heteroatoms. The van der Waals surface area contributed by atoms with Gasteiger partial charge in [0.25, 0.3) is 5.91 Å². The third kappa shape index (κ3) is 3.96. The Hall–Kier alpha value is -1.55. The van der Waals surface area contributed by atoms with Crippen LogP contribution in [0.3, 0.4) is 0 Å². The second kappa shape index (κ2) is 6.57. The first-order valence-corrected chi connectivity index (χ1v) is 6.93. The van der Waals surface area contributed by atoms with Gasteiger partial charge in [-0.05, 0) is 44.4 Å². The fraction of sp³-hybridized carbons (Fsp3) is 0.533. The van der Waals surface area contributed by atoms with E-state index in [-0.39, 0.29) is 12.0 Å². The molecular formula is C15H22N2O2. The highest BCUT2D eigenvalue weighted by Crippen LogP contribution is 2.23. The molecule has 19 heavy (non-hydrogen) atoms. The maximum atomic E-state index is 12.0. The number of hydrogen-bond acceptors (Lipinski definition) is 3. The van der Waals surface area contributed by atoms with Crippen molar-refractivity contribution < 1.29 is 9.53 Å². The van der Waals surface area contributed by atoms with Crippen LogP contribution in [-0.2, 0) is 11.2 Å². The Morgan fingerprint density at radius 1 is 1.47 bits per heavy atom. The van der Waals surface area contributed by atoms with Crippen molar-refractivity contribution >= 4 is 11.6 Å². The van der Waals surface area contributed by atoms with Crippen LogP contribution in [0, 0.1) is 0 Å². The van der Waals surface area contributed by atoms with Crippen LogP contribution in [0.1, 0.15) is 36.2 Å². The average Bonchev–Trinajstić information content (AvgIpc) is 2.84. The largest absolute Gasteiger partial charge is 0.384 e. The van der Waals surface area contributed by atoms with E-state index in [0.29, 0.717) is 13.2 Å². The molecule has 0 aliphatic carbocycles. The number of carbonyl (C=O) groups excluding carboxylic acids is 1. The van der Waals surface area contributed by atoms with Gasteiger partial charge in [0.2, 0.25) is 0 Å². The van der Waals surface area contributed by atoms with Gasteiger partial charge < -0.3 is 15.4 Å². The fourth-order valence-electron chi connectivity index (χ4n) is 2.13. The minimum Gasteiger partial charge on any atom is -0.384 e. The predicted molar refractivity (Wildman–Crippen MR) is 76.7 cm³/mol. The second-order valence-corrected chi connectivity index (χ2v) is 5.08. The van der Waals surface area contributed by atoms with Gasteiger partial charge in [0.1, 0.15) is 0 Å². The SMILES string of the molecule is CC(C)OCCCNC(=O)c1ccc2c(c1)NCC2. The Balaban J connectivity index is 1.77. The molecule has 1 aromatic carbocycles. The van der Waals surface area contributed by atoms with Crippen molar-refractivity contribution in [2.24, 2.45) is 0 Å². The number of nitrogens with one attached hydrogen (secondary N) is 2. The molecule has 104 valence electrons. The standard InChI is InChI=1S/C15H22N2O2/c1-11(2)19-9-3-7-17-15(18)13-5-4-12-6-8-16-14(12)10-13/h4-5,10-11,16H,3,6-9H2,1-2H3,(H,17,18). The van der Waals surface area contributed by atoms with Crippen molar-refractivity contribution in [3.8, 4) is 0 Å². The highest BCUT2D eigenvalue weighted by Gasteiger charge is 2.12. The minimum absolute atomic E-state index is 0.0129. The van der Waals surface area contributed by atoms with Crippen LogP contribution in [0.25, 0.3) is 0 Å². The van der Waals surface area contributed by atoms with E-state index >= 15 is 0 Å². The van der Waals surface area contributed by atoms with Gasteiger partial charge in [0, 0.05) is 30.9 Å². The summed E-state index contributed by atoms with van der Waals surface area (Å²) in [4.78, 5) is 12.0. The zero-order chi connectivity index (χ0) is 13.7. The first-order valence-electron chi connectivity index (χ1n) is 6.93. The molecule has 1 aliphatic heterocycles. The summed E-state index contributed by atoms with van der Waals surface area (Å²) in [7, 11) is 0. The molecule has 0 saturated carbocycles. The van der Waals surface area contributed by atoms with Gasteiger partial charge in [-0.15, -0.1) is 0 Å². The minimum atomic E-state index is -0.0129. The number of fused-ring (bicyclic) bond motifs is 1. The molecule has 2 N–H and O–H groups in total. The molecule has 0 bridgehead atoms. The molecule has 0 radical (unpaired) electrons. The van der Waals surface area contributed by atoms with Gasteiger partial charge in [0.15, 0.2) is 0 Å². The topological polar surface area (TPSA) is 50.4 Å². The molecule has 1 amide bonds. The van der Waals surface area contributed by atoms with Crippen molar-refractivity contribution in [2.75, 3.05) is 25.0 Å². The van der Waals surface area contributed by atoms with Crippen LogP contribution in [0.4, 0.5) is 5.69 Å². The van der Waals surface area contributed by atoms with Crippen LogP contribution < -0.4 is 10.6 Å². The van der Waals surface area contributed by atoms with Crippen molar-refractivity contribution in [1.82, 2.24) is 5.32 Å². The monoisotopic (exact) mass is 262 g/mol. The molecule has 0 aromatic heterocycles. The van der Waals surface area contributed by atoms with Gasteiger partial charge in [-0.2, -0.15) is 0 Å². The summed E-state index contributed by atoms with van der Waals surface area (Å²) in [5, 5.41) is 6.20. The number of anilines is 1. The number of amides is 1. The molecule has 0 atom stereocenters. The van der Waals surface area contributed by atoms with E-state index in [1.54, 1.807) is 0 Å². The molecular weight excluding hydrogens is 240 g/mol.